The summed E-state index contributed by atoms with van der Waals surface area (Å²) < 4.78 is 40.1. The van der Waals surface area contributed by atoms with Crippen LogP contribution in [0.25, 0.3) is 12.2 Å². The molecule has 0 spiro atoms. The molecule has 0 saturated carbocycles. The Morgan fingerprint density at radius 2 is 1.72 bits per heavy atom. The lowest BCUT2D eigenvalue weighted by molar-refractivity contribution is 0.580. The molecule has 1 aromatic carbocycles. The average molecular weight is 314 g/mol. The number of hydrogen-bond acceptors (Lipinski definition) is 1. The fourth-order valence-corrected chi connectivity index (χ4v) is 1.73. The second-order valence-corrected chi connectivity index (χ2v) is 4.45. The van der Waals surface area contributed by atoms with Gasteiger partial charge >= 0.3 is 0 Å². The van der Waals surface area contributed by atoms with Gasteiger partial charge in [0.25, 0.3) is 0 Å². The van der Waals surface area contributed by atoms with Crippen molar-refractivity contribution in [1.29, 1.82) is 0 Å². The zero-order valence-electron chi connectivity index (χ0n) is 9.00. The Hall–Kier alpha value is -1.62. The Balaban J connectivity index is 2.35. The summed E-state index contributed by atoms with van der Waals surface area (Å²) >= 11 is 3.15. The molecule has 1 heterocycles. The van der Waals surface area contributed by atoms with E-state index in [9.17, 15) is 13.2 Å². The van der Waals surface area contributed by atoms with E-state index in [0.29, 0.717) is 4.47 Å². The normalized spacial score (nSPS) is 11.1. The molecule has 0 aliphatic carbocycles. The highest BCUT2D eigenvalue weighted by molar-refractivity contribution is 9.10. The van der Waals surface area contributed by atoms with Gasteiger partial charge in [-0.25, -0.2) is 13.8 Å². The van der Waals surface area contributed by atoms with Crippen LogP contribution in [0.15, 0.2) is 34.9 Å². The number of benzene rings is 1. The van der Waals surface area contributed by atoms with Crippen LogP contribution in [0.5, 0.6) is 0 Å². The van der Waals surface area contributed by atoms with Crippen molar-refractivity contribution >= 4 is 28.1 Å². The molecule has 0 atom stereocenters. The van der Waals surface area contributed by atoms with Crippen LogP contribution in [0.1, 0.15) is 11.1 Å². The Morgan fingerprint density at radius 3 is 2.50 bits per heavy atom. The summed E-state index contributed by atoms with van der Waals surface area (Å²) in [7, 11) is 0. The zero-order valence-corrected chi connectivity index (χ0v) is 10.6. The number of aromatic nitrogens is 1. The molecule has 0 bridgehead atoms. The van der Waals surface area contributed by atoms with E-state index in [-0.39, 0.29) is 11.1 Å². The van der Waals surface area contributed by atoms with E-state index >= 15 is 0 Å². The van der Waals surface area contributed by atoms with Gasteiger partial charge in [-0.2, -0.15) is 4.39 Å². The van der Waals surface area contributed by atoms with E-state index in [1.807, 2.05) is 0 Å². The van der Waals surface area contributed by atoms with Gasteiger partial charge in [0.1, 0.15) is 11.6 Å². The first kappa shape index (κ1) is 12.8. The minimum Gasteiger partial charge on any atom is -0.227 e. The van der Waals surface area contributed by atoms with Gasteiger partial charge in [0.15, 0.2) is 0 Å². The third-order valence-electron chi connectivity index (χ3n) is 2.23. The van der Waals surface area contributed by atoms with Crippen LogP contribution < -0.4 is 0 Å². The maximum absolute atomic E-state index is 13.3. The zero-order chi connectivity index (χ0) is 13.1. The highest BCUT2D eigenvalue weighted by Gasteiger charge is 2.03. The molecule has 0 aliphatic heterocycles. The Labute approximate surface area is 110 Å². The van der Waals surface area contributed by atoms with Gasteiger partial charge in [-0.3, -0.25) is 0 Å². The van der Waals surface area contributed by atoms with Crippen molar-refractivity contribution in [2.24, 2.45) is 0 Å². The highest BCUT2D eigenvalue weighted by atomic mass is 79.9. The van der Waals surface area contributed by atoms with Crippen molar-refractivity contribution in [2.75, 3.05) is 0 Å². The summed E-state index contributed by atoms with van der Waals surface area (Å²) in [5.41, 5.74) is 0.238. The monoisotopic (exact) mass is 313 g/mol. The summed E-state index contributed by atoms with van der Waals surface area (Å²) in [5.74, 6) is -1.80. The van der Waals surface area contributed by atoms with Crippen molar-refractivity contribution in [3.63, 3.8) is 0 Å². The molecule has 0 fully saturated rings. The summed E-state index contributed by atoms with van der Waals surface area (Å²) in [6, 6.07) is 4.57. The van der Waals surface area contributed by atoms with E-state index in [1.165, 1.54) is 24.4 Å². The molecule has 0 aliphatic rings. The second kappa shape index (κ2) is 5.35. The number of hydrogen-bond donors (Lipinski definition) is 0. The van der Waals surface area contributed by atoms with Gasteiger partial charge in [0.2, 0.25) is 5.95 Å². The number of rotatable bonds is 2. The maximum Gasteiger partial charge on any atom is 0.220 e. The smallest absolute Gasteiger partial charge is 0.220 e. The van der Waals surface area contributed by atoms with Gasteiger partial charge in [-0.15, -0.1) is 0 Å². The number of pyridine rings is 1. The fraction of sp³-hybridized carbons (Fsp3) is 0. The molecule has 18 heavy (non-hydrogen) atoms. The Bertz CT molecular complexity index is 558. The highest BCUT2D eigenvalue weighted by Crippen LogP contribution is 2.17. The van der Waals surface area contributed by atoms with Crippen LogP contribution in [0.3, 0.4) is 0 Å². The minimum absolute atomic E-state index is 0.0503. The van der Waals surface area contributed by atoms with E-state index in [4.69, 9.17) is 0 Å². The predicted octanol–water partition coefficient (Wildman–Crippen LogP) is 4.43. The third kappa shape index (κ3) is 2.98. The molecule has 2 rings (SSSR count). The van der Waals surface area contributed by atoms with Crippen molar-refractivity contribution in [2.45, 2.75) is 0 Å². The van der Waals surface area contributed by atoms with Crippen molar-refractivity contribution in [3.8, 4) is 0 Å². The predicted molar refractivity (Wildman–Crippen MR) is 67.2 cm³/mol. The average Bonchev–Trinajstić information content (AvgIpc) is 2.34. The van der Waals surface area contributed by atoms with E-state index in [1.54, 1.807) is 0 Å². The van der Waals surface area contributed by atoms with Crippen molar-refractivity contribution in [3.05, 3.63) is 63.6 Å². The van der Waals surface area contributed by atoms with Crippen LogP contribution in [-0.2, 0) is 0 Å². The molecule has 2 aromatic rings. The van der Waals surface area contributed by atoms with E-state index in [2.05, 4.69) is 20.9 Å². The molecule has 1 aromatic heterocycles. The van der Waals surface area contributed by atoms with Crippen LogP contribution in [0.4, 0.5) is 13.2 Å². The summed E-state index contributed by atoms with van der Waals surface area (Å²) in [4.78, 5) is 3.50. The van der Waals surface area contributed by atoms with Gasteiger partial charge < -0.3 is 0 Å². The van der Waals surface area contributed by atoms with Crippen molar-refractivity contribution in [1.82, 2.24) is 4.98 Å². The molecule has 0 unspecified atom stereocenters. The Morgan fingerprint density at radius 1 is 1.00 bits per heavy atom. The first-order chi connectivity index (χ1) is 8.56. The first-order valence-corrected chi connectivity index (χ1v) is 5.80. The van der Waals surface area contributed by atoms with E-state index in [0.717, 1.165) is 18.2 Å². The molecule has 5 heteroatoms. The largest absolute Gasteiger partial charge is 0.227 e. The molecular formula is C13H7BrF3N. The second-order valence-electron chi connectivity index (χ2n) is 3.53. The lowest BCUT2D eigenvalue weighted by Gasteiger charge is -1.99. The molecular weight excluding hydrogens is 307 g/mol. The molecule has 92 valence electrons. The summed E-state index contributed by atoms with van der Waals surface area (Å²) in [6.07, 6.45) is 3.95. The molecule has 0 saturated heterocycles. The van der Waals surface area contributed by atoms with Gasteiger partial charge in [0, 0.05) is 21.8 Å². The van der Waals surface area contributed by atoms with Crippen LogP contribution >= 0.6 is 15.9 Å². The first-order valence-electron chi connectivity index (χ1n) is 5.00. The van der Waals surface area contributed by atoms with Gasteiger partial charge in [0.05, 0.1) is 0 Å². The topological polar surface area (TPSA) is 12.9 Å². The molecule has 1 nitrogen and oxygen atoms in total. The Kier molecular flexibility index (Phi) is 3.81. The standard InChI is InChI=1S/C13H7BrF3N/c14-10-5-9(13(17)18-7-10)2-1-8-6-11(15)3-4-12(8)16/h1-7H/b2-1+. The maximum atomic E-state index is 13.3. The van der Waals surface area contributed by atoms with Gasteiger partial charge in [-0.1, -0.05) is 6.08 Å². The van der Waals surface area contributed by atoms with Crippen LogP contribution in [-0.4, -0.2) is 4.98 Å². The SMILES string of the molecule is Fc1ccc(F)c(/C=C/c2cc(Br)cnc2F)c1. The molecule has 0 amide bonds. The lowest BCUT2D eigenvalue weighted by atomic mass is 10.1. The van der Waals surface area contributed by atoms with Crippen LogP contribution in [0.2, 0.25) is 0 Å². The third-order valence-corrected chi connectivity index (χ3v) is 2.67. The fourth-order valence-electron chi connectivity index (χ4n) is 1.38. The van der Waals surface area contributed by atoms with Crippen molar-refractivity contribution < 1.29 is 13.2 Å². The summed E-state index contributed by atoms with van der Waals surface area (Å²) in [5, 5.41) is 0. The summed E-state index contributed by atoms with van der Waals surface area (Å²) in [6.45, 7) is 0. The molecule has 0 N–H and O–H groups in total. The van der Waals surface area contributed by atoms with Gasteiger partial charge in [-0.05, 0) is 46.3 Å². The quantitative estimate of drug-likeness (QED) is 0.747. The van der Waals surface area contributed by atoms with Crippen LogP contribution in [0, 0.1) is 17.6 Å². The number of halogens is 4. The minimum atomic E-state index is -0.675. The molecule has 0 radical (unpaired) electrons. The lowest BCUT2D eigenvalue weighted by Crippen LogP contribution is -1.88. The van der Waals surface area contributed by atoms with E-state index < -0.39 is 17.6 Å². The number of nitrogens with zero attached hydrogens (tertiary/aromatic N) is 1.